The third-order valence-corrected chi connectivity index (χ3v) is 5.81. The van der Waals surface area contributed by atoms with Crippen molar-refractivity contribution >= 4 is 39.1 Å². The molecule has 0 aliphatic rings. The van der Waals surface area contributed by atoms with Gasteiger partial charge in [0.15, 0.2) is 0 Å². The van der Waals surface area contributed by atoms with Crippen molar-refractivity contribution in [1.29, 1.82) is 0 Å². The summed E-state index contributed by atoms with van der Waals surface area (Å²) in [7, 11) is -3.92. The predicted molar refractivity (Wildman–Crippen MR) is 115 cm³/mol. The van der Waals surface area contributed by atoms with E-state index < -0.39 is 21.8 Å². The number of carbonyl (C=O) groups is 2. The predicted octanol–water partition coefficient (Wildman–Crippen LogP) is 3.52. The van der Waals surface area contributed by atoms with Gasteiger partial charge in [0.25, 0.3) is 21.8 Å². The van der Waals surface area contributed by atoms with Crippen molar-refractivity contribution in [3.63, 3.8) is 0 Å². The Morgan fingerprint density at radius 2 is 1.50 bits per heavy atom. The summed E-state index contributed by atoms with van der Waals surface area (Å²) in [5.74, 6) is -1.13. The number of benzene rings is 3. The molecule has 9 heteroatoms. The van der Waals surface area contributed by atoms with E-state index in [1.54, 1.807) is 43.3 Å². The van der Waals surface area contributed by atoms with Crippen molar-refractivity contribution in [3.8, 4) is 0 Å². The van der Waals surface area contributed by atoms with Crippen molar-refractivity contribution in [2.75, 3.05) is 4.72 Å². The second-order valence-corrected chi connectivity index (χ2v) is 8.48. The van der Waals surface area contributed by atoms with Crippen LogP contribution >= 0.6 is 11.6 Å². The van der Waals surface area contributed by atoms with Crippen LogP contribution in [0.4, 0.5) is 5.69 Å². The molecule has 154 valence electrons. The number of rotatable bonds is 5. The average Bonchev–Trinajstić information content (AvgIpc) is 2.73. The topological polar surface area (TPSA) is 104 Å². The molecule has 0 spiro atoms. The van der Waals surface area contributed by atoms with Crippen LogP contribution in [0.1, 0.15) is 26.3 Å². The van der Waals surface area contributed by atoms with Crippen LogP contribution in [-0.4, -0.2) is 20.2 Å². The van der Waals surface area contributed by atoms with Gasteiger partial charge >= 0.3 is 0 Å². The molecule has 0 aliphatic heterocycles. The van der Waals surface area contributed by atoms with Gasteiger partial charge in [0.1, 0.15) is 0 Å². The number of carbonyl (C=O) groups excluding carboxylic acids is 2. The van der Waals surface area contributed by atoms with Crippen LogP contribution in [-0.2, 0) is 10.0 Å². The van der Waals surface area contributed by atoms with Gasteiger partial charge in [-0.15, -0.1) is 0 Å². The molecular formula is C21H18ClN3O4S. The lowest BCUT2D eigenvalue weighted by atomic mass is 10.1. The Morgan fingerprint density at radius 1 is 0.833 bits per heavy atom. The van der Waals surface area contributed by atoms with Gasteiger partial charge in [-0.05, 0) is 61.0 Å². The van der Waals surface area contributed by atoms with Crippen molar-refractivity contribution in [2.45, 2.75) is 11.8 Å². The molecule has 0 fully saturated rings. The number of sulfonamides is 1. The van der Waals surface area contributed by atoms with Gasteiger partial charge in [-0.3, -0.25) is 25.2 Å². The van der Waals surface area contributed by atoms with Gasteiger partial charge in [-0.1, -0.05) is 35.9 Å². The lowest BCUT2D eigenvalue weighted by Crippen LogP contribution is -2.41. The van der Waals surface area contributed by atoms with Gasteiger partial charge in [-0.2, -0.15) is 0 Å². The summed E-state index contributed by atoms with van der Waals surface area (Å²) in [5.41, 5.74) is 6.19. The van der Waals surface area contributed by atoms with Crippen LogP contribution in [0.25, 0.3) is 0 Å². The highest BCUT2D eigenvalue weighted by Gasteiger charge is 2.17. The molecule has 0 bridgehead atoms. The molecule has 0 aromatic heterocycles. The molecule has 0 saturated heterocycles. The van der Waals surface area contributed by atoms with Crippen LogP contribution in [0.3, 0.4) is 0 Å². The number of anilines is 1. The Kier molecular flexibility index (Phi) is 6.39. The van der Waals surface area contributed by atoms with E-state index in [4.69, 9.17) is 11.6 Å². The van der Waals surface area contributed by atoms with Gasteiger partial charge in [0.2, 0.25) is 0 Å². The molecule has 0 atom stereocenters. The molecule has 3 aromatic carbocycles. The number of halogens is 1. The van der Waals surface area contributed by atoms with E-state index in [9.17, 15) is 18.0 Å². The maximum atomic E-state index is 12.6. The van der Waals surface area contributed by atoms with Gasteiger partial charge < -0.3 is 0 Å². The summed E-state index contributed by atoms with van der Waals surface area (Å²) in [6.45, 7) is 1.78. The van der Waals surface area contributed by atoms with Crippen LogP contribution < -0.4 is 15.6 Å². The molecule has 30 heavy (non-hydrogen) atoms. The Balaban J connectivity index is 1.71. The monoisotopic (exact) mass is 443 g/mol. The number of hydrogen-bond donors (Lipinski definition) is 3. The average molecular weight is 444 g/mol. The quantitative estimate of drug-likeness (QED) is 0.524. The maximum absolute atomic E-state index is 12.6. The molecule has 3 rings (SSSR count). The van der Waals surface area contributed by atoms with Crippen LogP contribution in [0, 0.1) is 6.92 Å². The molecule has 0 unspecified atom stereocenters. The summed E-state index contributed by atoms with van der Waals surface area (Å²) in [4.78, 5) is 24.5. The molecule has 0 saturated carbocycles. The van der Waals surface area contributed by atoms with Crippen LogP contribution in [0.2, 0.25) is 5.02 Å². The Morgan fingerprint density at radius 3 is 2.20 bits per heavy atom. The van der Waals surface area contributed by atoms with Crippen molar-refractivity contribution < 1.29 is 18.0 Å². The second-order valence-electron chi connectivity index (χ2n) is 6.36. The molecule has 3 N–H and O–H groups in total. The largest absolute Gasteiger partial charge is 0.280 e. The van der Waals surface area contributed by atoms with E-state index >= 15 is 0 Å². The summed E-state index contributed by atoms with van der Waals surface area (Å²) in [6.07, 6.45) is 0. The van der Waals surface area contributed by atoms with Gasteiger partial charge in [-0.25, -0.2) is 8.42 Å². The number of aryl methyl sites for hydroxylation is 1. The molecule has 0 aliphatic carbocycles. The lowest BCUT2D eigenvalue weighted by Gasteiger charge is -2.11. The number of hydrazine groups is 1. The van der Waals surface area contributed by atoms with E-state index in [0.29, 0.717) is 16.3 Å². The first-order chi connectivity index (χ1) is 14.3. The van der Waals surface area contributed by atoms with E-state index in [1.807, 2.05) is 0 Å². The van der Waals surface area contributed by atoms with Crippen molar-refractivity contribution in [1.82, 2.24) is 10.9 Å². The Labute approximate surface area is 179 Å². The van der Waals surface area contributed by atoms with E-state index in [0.717, 1.165) is 5.56 Å². The molecule has 0 radical (unpaired) electrons. The zero-order chi connectivity index (χ0) is 21.7. The molecular weight excluding hydrogens is 426 g/mol. The van der Waals surface area contributed by atoms with E-state index in [-0.39, 0.29) is 10.5 Å². The standard InChI is InChI=1S/C21H18ClN3O4S/c1-14-5-2-3-8-19(14)21(27)24-23-20(26)15-6-4-7-18(13-15)30(28,29)25-17-11-9-16(22)10-12-17/h2-13,25H,1H3,(H,23,26)(H,24,27). The fraction of sp³-hybridized carbons (Fsp3) is 0.0476. The van der Waals surface area contributed by atoms with Gasteiger partial charge in [0, 0.05) is 21.8 Å². The number of hydrogen-bond acceptors (Lipinski definition) is 4. The molecule has 3 aromatic rings. The third-order valence-electron chi connectivity index (χ3n) is 4.18. The summed E-state index contributed by atoms with van der Waals surface area (Å²) in [5, 5.41) is 0.476. The highest BCUT2D eigenvalue weighted by Crippen LogP contribution is 2.19. The Bertz CT molecular complexity index is 1190. The van der Waals surface area contributed by atoms with Crippen molar-refractivity contribution in [3.05, 3.63) is 94.5 Å². The smallest absolute Gasteiger partial charge is 0.269 e. The zero-order valence-electron chi connectivity index (χ0n) is 15.8. The molecule has 7 nitrogen and oxygen atoms in total. The van der Waals surface area contributed by atoms with E-state index in [2.05, 4.69) is 15.6 Å². The number of nitrogens with one attached hydrogen (secondary N) is 3. The fourth-order valence-corrected chi connectivity index (χ4v) is 3.85. The summed E-state index contributed by atoms with van der Waals surface area (Å²) < 4.78 is 27.6. The first kappa shape index (κ1) is 21.4. The van der Waals surface area contributed by atoms with E-state index in [1.165, 1.54) is 36.4 Å². The minimum Gasteiger partial charge on any atom is -0.280 e. The molecule has 0 heterocycles. The molecule has 2 amide bonds. The van der Waals surface area contributed by atoms with Crippen molar-refractivity contribution in [2.24, 2.45) is 0 Å². The highest BCUT2D eigenvalue weighted by atomic mass is 35.5. The highest BCUT2D eigenvalue weighted by molar-refractivity contribution is 7.92. The van der Waals surface area contributed by atoms with Crippen LogP contribution in [0.5, 0.6) is 0 Å². The summed E-state index contributed by atoms with van der Waals surface area (Å²) in [6, 6.07) is 18.5. The van der Waals surface area contributed by atoms with Crippen LogP contribution in [0.15, 0.2) is 77.7 Å². The second kappa shape index (κ2) is 8.98. The third kappa shape index (κ3) is 5.16. The minimum absolute atomic E-state index is 0.0686. The zero-order valence-corrected chi connectivity index (χ0v) is 17.4. The van der Waals surface area contributed by atoms with Gasteiger partial charge in [0.05, 0.1) is 4.90 Å². The number of amides is 2. The maximum Gasteiger partial charge on any atom is 0.269 e. The lowest BCUT2D eigenvalue weighted by molar-refractivity contribution is 0.0846. The normalized spacial score (nSPS) is 10.9. The first-order valence-electron chi connectivity index (χ1n) is 8.81. The minimum atomic E-state index is -3.92. The summed E-state index contributed by atoms with van der Waals surface area (Å²) >= 11 is 5.80. The Hall–Kier alpha value is -3.36. The SMILES string of the molecule is Cc1ccccc1C(=O)NNC(=O)c1cccc(S(=O)(=O)Nc2ccc(Cl)cc2)c1. The first-order valence-corrected chi connectivity index (χ1v) is 10.7. The fourth-order valence-electron chi connectivity index (χ4n) is 2.62.